The molecular formula is C13H24O2. The first-order chi connectivity index (χ1) is 7.13. The molecule has 0 aliphatic heterocycles. The Labute approximate surface area is 93.7 Å². The van der Waals surface area contributed by atoms with Gasteiger partial charge in [-0.15, -0.1) is 0 Å². The van der Waals surface area contributed by atoms with E-state index in [1.165, 1.54) is 0 Å². The van der Waals surface area contributed by atoms with Crippen molar-refractivity contribution in [2.24, 2.45) is 0 Å². The van der Waals surface area contributed by atoms with Crippen molar-refractivity contribution in [3.8, 4) is 0 Å². The average Bonchev–Trinajstić information content (AvgIpc) is 2.20. The predicted molar refractivity (Wildman–Crippen MR) is 63.8 cm³/mol. The number of hydrogen-bond donors (Lipinski definition) is 0. The SMILES string of the molecule is CCCCCOC(=O)C(CCC)=C(C)C. The molecule has 0 aromatic rings. The first-order valence-electron chi connectivity index (χ1n) is 5.96. The Morgan fingerprint density at radius 2 is 1.73 bits per heavy atom. The van der Waals surface area contributed by atoms with E-state index in [1.807, 2.05) is 13.8 Å². The Bertz CT molecular complexity index is 213. The summed E-state index contributed by atoms with van der Waals surface area (Å²) in [6.07, 6.45) is 5.08. The lowest BCUT2D eigenvalue weighted by molar-refractivity contribution is -0.139. The minimum Gasteiger partial charge on any atom is -0.462 e. The second-order valence-electron chi connectivity index (χ2n) is 4.07. The summed E-state index contributed by atoms with van der Waals surface area (Å²) in [5, 5.41) is 0. The second kappa shape index (κ2) is 8.51. The fraction of sp³-hybridized carbons (Fsp3) is 0.769. The minimum absolute atomic E-state index is 0.118. The number of esters is 1. The molecule has 0 aliphatic carbocycles. The van der Waals surface area contributed by atoms with E-state index in [0.717, 1.165) is 43.3 Å². The van der Waals surface area contributed by atoms with Crippen molar-refractivity contribution < 1.29 is 9.53 Å². The van der Waals surface area contributed by atoms with E-state index in [-0.39, 0.29) is 5.97 Å². The molecule has 0 aromatic heterocycles. The molecule has 15 heavy (non-hydrogen) atoms. The zero-order chi connectivity index (χ0) is 11.7. The number of rotatable bonds is 7. The minimum atomic E-state index is -0.118. The topological polar surface area (TPSA) is 26.3 Å². The Kier molecular flexibility index (Phi) is 8.06. The molecule has 0 N–H and O–H groups in total. The lowest BCUT2D eigenvalue weighted by Gasteiger charge is -2.09. The highest BCUT2D eigenvalue weighted by atomic mass is 16.5. The van der Waals surface area contributed by atoms with Crippen molar-refractivity contribution >= 4 is 5.97 Å². The summed E-state index contributed by atoms with van der Waals surface area (Å²) < 4.78 is 5.22. The van der Waals surface area contributed by atoms with Gasteiger partial charge >= 0.3 is 5.97 Å². The lowest BCUT2D eigenvalue weighted by atomic mass is 10.1. The van der Waals surface area contributed by atoms with Gasteiger partial charge in [0.1, 0.15) is 0 Å². The van der Waals surface area contributed by atoms with Gasteiger partial charge in [-0.25, -0.2) is 4.79 Å². The first kappa shape index (κ1) is 14.2. The standard InChI is InChI=1S/C13H24O2/c1-5-7-8-10-15-13(14)12(9-6-2)11(3)4/h5-10H2,1-4H3. The first-order valence-corrected chi connectivity index (χ1v) is 5.96. The van der Waals surface area contributed by atoms with Crippen LogP contribution in [0.15, 0.2) is 11.1 Å². The normalized spacial score (nSPS) is 9.87. The van der Waals surface area contributed by atoms with Crippen LogP contribution in [0.5, 0.6) is 0 Å². The maximum atomic E-state index is 11.7. The molecule has 0 unspecified atom stereocenters. The van der Waals surface area contributed by atoms with Crippen LogP contribution in [0.25, 0.3) is 0 Å². The van der Waals surface area contributed by atoms with Crippen molar-refractivity contribution in [1.29, 1.82) is 0 Å². The largest absolute Gasteiger partial charge is 0.462 e. The van der Waals surface area contributed by atoms with Gasteiger partial charge in [0.2, 0.25) is 0 Å². The van der Waals surface area contributed by atoms with Crippen molar-refractivity contribution in [3.05, 3.63) is 11.1 Å². The molecule has 88 valence electrons. The summed E-state index contributed by atoms with van der Waals surface area (Å²) in [5.74, 6) is -0.118. The van der Waals surface area contributed by atoms with E-state index in [4.69, 9.17) is 4.74 Å². The van der Waals surface area contributed by atoms with Crippen molar-refractivity contribution in [1.82, 2.24) is 0 Å². The van der Waals surface area contributed by atoms with Crippen molar-refractivity contribution in [2.45, 2.75) is 59.8 Å². The molecule has 2 heteroatoms. The summed E-state index contributed by atoms with van der Waals surface area (Å²) in [6.45, 7) is 8.72. The fourth-order valence-electron chi connectivity index (χ4n) is 1.41. The van der Waals surface area contributed by atoms with Gasteiger partial charge in [-0.2, -0.15) is 0 Å². The monoisotopic (exact) mass is 212 g/mol. The molecule has 2 nitrogen and oxygen atoms in total. The van der Waals surface area contributed by atoms with Gasteiger partial charge in [-0.1, -0.05) is 38.7 Å². The molecule has 0 spiro atoms. The van der Waals surface area contributed by atoms with E-state index in [2.05, 4.69) is 13.8 Å². The number of carbonyl (C=O) groups excluding carboxylic acids is 1. The molecule has 0 rings (SSSR count). The Hall–Kier alpha value is -0.790. The van der Waals surface area contributed by atoms with Gasteiger partial charge in [0.25, 0.3) is 0 Å². The summed E-state index contributed by atoms with van der Waals surface area (Å²) in [5.41, 5.74) is 1.94. The maximum absolute atomic E-state index is 11.7. The van der Waals surface area contributed by atoms with Crippen LogP contribution in [-0.2, 0) is 9.53 Å². The number of unbranched alkanes of at least 4 members (excludes halogenated alkanes) is 2. The third-order valence-corrected chi connectivity index (χ3v) is 2.33. The molecule has 0 heterocycles. The van der Waals surface area contributed by atoms with Gasteiger partial charge in [-0.05, 0) is 26.7 Å². The zero-order valence-corrected chi connectivity index (χ0v) is 10.6. The van der Waals surface area contributed by atoms with Gasteiger partial charge in [-0.3, -0.25) is 0 Å². The van der Waals surface area contributed by atoms with E-state index in [1.54, 1.807) is 0 Å². The van der Waals surface area contributed by atoms with Crippen molar-refractivity contribution in [3.63, 3.8) is 0 Å². The third-order valence-electron chi connectivity index (χ3n) is 2.33. The summed E-state index contributed by atoms with van der Waals surface area (Å²) in [7, 11) is 0. The number of hydrogen-bond acceptors (Lipinski definition) is 2. The molecule has 0 saturated carbocycles. The smallest absolute Gasteiger partial charge is 0.333 e. The highest BCUT2D eigenvalue weighted by Gasteiger charge is 2.11. The summed E-state index contributed by atoms with van der Waals surface area (Å²) >= 11 is 0. The zero-order valence-electron chi connectivity index (χ0n) is 10.6. The molecule has 0 saturated heterocycles. The number of allylic oxidation sites excluding steroid dienone is 1. The molecule has 0 radical (unpaired) electrons. The molecule has 0 bridgehead atoms. The quantitative estimate of drug-likeness (QED) is 0.364. The van der Waals surface area contributed by atoms with Crippen LogP contribution in [0, 0.1) is 0 Å². The molecule has 0 aliphatic rings. The fourth-order valence-corrected chi connectivity index (χ4v) is 1.41. The molecule has 0 aromatic carbocycles. The number of carbonyl (C=O) groups is 1. The van der Waals surface area contributed by atoms with E-state index >= 15 is 0 Å². The van der Waals surface area contributed by atoms with Crippen LogP contribution in [0.4, 0.5) is 0 Å². The van der Waals surface area contributed by atoms with Crippen LogP contribution in [0.1, 0.15) is 59.8 Å². The van der Waals surface area contributed by atoms with Gasteiger partial charge < -0.3 is 4.74 Å². The summed E-state index contributed by atoms with van der Waals surface area (Å²) in [4.78, 5) is 11.7. The van der Waals surface area contributed by atoms with Crippen LogP contribution in [0.3, 0.4) is 0 Å². The Morgan fingerprint density at radius 3 is 2.20 bits per heavy atom. The molecule has 0 fully saturated rings. The van der Waals surface area contributed by atoms with E-state index < -0.39 is 0 Å². The second-order valence-corrected chi connectivity index (χ2v) is 4.07. The highest BCUT2D eigenvalue weighted by Crippen LogP contribution is 2.12. The van der Waals surface area contributed by atoms with Gasteiger partial charge in [0, 0.05) is 5.57 Å². The van der Waals surface area contributed by atoms with E-state index in [0.29, 0.717) is 6.61 Å². The van der Waals surface area contributed by atoms with Crippen LogP contribution < -0.4 is 0 Å². The molecular weight excluding hydrogens is 188 g/mol. The molecule has 0 amide bonds. The Morgan fingerprint density at radius 1 is 1.07 bits per heavy atom. The Balaban J connectivity index is 4.00. The summed E-state index contributed by atoms with van der Waals surface area (Å²) in [6, 6.07) is 0. The molecule has 0 atom stereocenters. The van der Waals surface area contributed by atoms with Crippen LogP contribution in [0.2, 0.25) is 0 Å². The van der Waals surface area contributed by atoms with E-state index in [9.17, 15) is 4.79 Å². The van der Waals surface area contributed by atoms with Crippen LogP contribution in [-0.4, -0.2) is 12.6 Å². The van der Waals surface area contributed by atoms with Gasteiger partial charge in [0.05, 0.1) is 6.61 Å². The highest BCUT2D eigenvalue weighted by molar-refractivity contribution is 5.89. The van der Waals surface area contributed by atoms with Crippen molar-refractivity contribution in [2.75, 3.05) is 6.61 Å². The van der Waals surface area contributed by atoms with Crippen LogP contribution >= 0.6 is 0 Å². The maximum Gasteiger partial charge on any atom is 0.333 e. The van der Waals surface area contributed by atoms with Gasteiger partial charge in [0.15, 0.2) is 0 Å². The lowest BCUT2D eigenvalue weighted by Crippen LogP contribution is -2.10. The average molecular weight is 212 g/mol. The predicted octanol–water partition coefficient (Wildman–Crippen LogP) is 3.86. The third kappa shape index (κ3) is 6.32. The number of ether oxygens (including phenoxy) is 1.